The Balaban J connectivity index is 2.28. The van der Waals surface area contributed by atoms with Gasteiger partial charge in [-0.05, 0) is 0 Å². The number of amides is 1. The Hall–Kier alpha value is -0.610. The highest BCUT2D eigenvalue weighted by Crippen LogP contribution is 1.94. The molecule has 0 radical (unpaired) electrons. The summed E-state index contributed by atoms with van der Waals surface area (Å²) in [5.41, 5.74) is 5.40. The first-order chi connectivity index (χ1) is 5.33. The molecular weight excluding hydrogens is 142 g/mol. The van der Waals surface area contributed by atoms with Crippen molar-refractivity contribution in [1.82, 2.24) is 10.2 Å². The lowest BCUT2D eigenvalue weighted by atomic mass is 10.4. The van der Waals surface area contributed by atoms with Gasteiger partial charge in [0, 0.05) is 39.1 Å². The van der Waals surface area contributed by atoms with E-state index in [0.29, 0.717) is 13.0 Å². The molecule has 0 saturated carbocycles. The Labute approximate surface area is 66.7 Å². The van der Waals surface area contributed by atoms with Gasteiger partial charge in [-0.25, -0.2) is 0 Å². The summed E-state index contributed by atoms with van der Waals surface area (Å²) in [4.78, 5) is 13.1. The third kappa shape index (κ3) is 2.86. The van der Waals surface area contributed by atoms with Crippen LogP contribution in [0.2, 0.25) is 0 Å². The van der Waals surface area contributed by atoms with Gasteiger partial charge in [-0.1, -0.05) is 0 Å². The number of carbonyl (C=O) groups is 1. The van der Waals surface area contributed by atoms with Gasteiger partial charge in [0.15, 0.2) is 0 Å². The zero-order chi connectivity index (χ0) is 8.10. The van der Waals surface area contributed by atoms with Gasteiger partial charge < -0.3 is 11.1 Å². The molecule has 1 fully saturated rings. The topological polar surface area (TPSA) is 58.4 Å². The fourth-order valence-electron chi connectivity index (χ4n) is 1.22. The summed E-state index contributed by atoms with van der Waals surface area (Å²) < 4.78 is 0. The average molecular weight is 157 g/mol. The highest BCUT2D eigenvalue weighted by molar-refractivity contribution is 5.76. The zero-order valence-corrected chi connectivity index (χ0v) is 6.68. The molecular formula is C7H15N3O. The minimum atomic E-state index is 0.157. The van der Waals surface area contributed by atoms with Crippen LogP contribution in [0.5, 0.6) is 0 Å². The van der Waals surface area contributed by atoms with Crippen molar-refractivity contribution in [3.8, 4) is 0 Å². The largest absolute Gasteiger partial charge is 0.355 e. The van der Waals surface area contributed by atoms with Gasteiger partial charge in [0.05, 0.1) is 0 Å². The molecule has 1 aliphatic rings. The van der Waals surface area contributed by atoms with Crippen LogP contribution >= 0.6 is 0 Å². The van der Waals surface area contributed by atoms with Crippen LogP contribution in [0.1, 0.15) is 6.42 Å². The first-order valence-corrected chi connectivity index (χ1v) is 4.02. The molecule has 0 spiro atoms. The lowest BCUT2D eigenvalue weighted by molar-refractivity contribution is -0.120. The van der Waals surface area contributed by atoms with Crippen LogP contribution in [0.4, 0.5) is 0 Å². The van der Waals surface area contributed by atoms with Crippen molar-refractivity contribution < 1.29 is 4.79 Å². The van der Waals surface area contributed by atoms with E-state index >= 15 is 0 Å². The average Bonchev–Trinajstić information content (AvgIpc) is 2.17. The molecule has 0 bridgehead atoms. The van der Waals surface area contributed by atoms with Crippen LogP contribution in [0.3, 0.4) is 0 Å². The first-order valence-electron chi connectivity index (χ1n) is 4.02. The maximum Gasteiger partial charge on any atom is 0.221 e. The molecule has 3 N–H and O–H groups in total. The van der Waals surface area contributed by atoms with Crippen molar-refractivity contribution in [3.05, 3.63) is 0 Å². The lowest BCUT2D eigenvalue weighted by Gasteiger charge is -2.16. The van der Waals surface area contributed by atoms with Crippen LogP contribution in [0, 0.1) is 0 Å². The Morgan fingerprint density at radius 1 is 1.55 bits per heavy atom. The van der Waals surface area contributed by atoms with Gasteiger partial charge in [0.25, 0.3) is 0 Å². The standard InChI is InChI=1S/C7H15N3O/c8-2-5-10-4-1-7(11)9-3-6-10/h1-6,8H2,(H,9,11). The van der Waals surface area contributed by atoms with Crippen molar-refractivity contribution in [3.63, 3.8) is 0 Å². The fourth-order valence-corrected chi connectivity index (χ4v) is 1.22. The summed E-state index contributed by atoms with van der Waals surface area (Å²) in [6.07, 6.45) is 0.611. The van der Waals surface area contributed by atoms with E-state index in [-0.39, 0.29) is 5.91 Å². The third-order valence-corrected chi connectivity index (χ3v) is 1.85. The molecule has 1 saturated heterocycles. The maximum absolute atomic E-state index is 10.9. The van der Waals surface area contributed by atoms with Crippen LogP contribution in [-0.2, 0) is 4.79 Å². The molecule has 0 unspecified atom stereocenters. The van der Waals surface area contributed by atoms with E-state index in [0.717, 1.165) is 26.2 Å². The molecule has 1 amide bonds. The van der Waals surface area contributed by atoms with Gasteiger partial charge in [0.1, 0.15) is 0 Å². The molecule has 0 aliphatic carbocycles. The second-order valence-corrected chi connectivity index (χ2v) is 2.73. The number of hydrogen-bond acceptors (Lipinski definition) is 3. The summed E-state index contributed by atoms with van der Waals surface area (Å²) in [5.74, 6) is 0.157. The smallest absolute Gasteiger partial charge is 0.221 e. The number of nitrogens with one attached hydrogen (secondary N) is 1. The van der Waals surface area contributed by atoms with Gasteiger partial charge in [-0.15, -0.1) is 0 Å². The molecule has 1 heterocycles. The van der Waals surface area contributed by atoms with E-state index in [1.165, 1.54) is 0 Å². The van der Waals surface area contributed by atoms with Crippen molar-refractivity contribution in [2.75, 3.05) is 32.7 Å². The number of rotatable bonds is 2. The Kier molecular flexibility index (Phi) is 3.32. The molecule has 0 atom stereocenters. The number of hydrogen-bond donors (Lipinski definition) is 2. The van der Waals surface area contributed by atoms with E-state index < -0.39 is 0 Å². The molecule has 0 aromatic carbocycles. The predicted molar refractivity (Wildman–Crippen MR) is 43.1 cm³/mol. The second-order valence-electron chi connectivity index (χ2n) is 2.73. The molecule has 4 nitrogen and oxygen atoms in total. The Bertz CT molecular complexity index is 138. The number of carbonyl (C=O) groups excluding carboxylic acids is 1. The quantitative estimate of drug-likeness (QED) is 0.527. The molecule has 11 heavy (non-hydrogen) atoms. The molecule has 64 valence electrons. The summed E-state index contributed by atoms with van der Waals surface area (Å²) in [6, 6.07) is 0. The normalized spacial score (nSPS) is 21.0. The van der Waals surface area contributed by atoms with E-state index in [9.17, 15) is 4.79 Å². The van der Waals surface area contributed by atoms with Crippen molar-refractivity contribution in [2.45, 2.75) is 6.42 Å². The van der Waals surface area contributed by atoms with Crippen LogP contribution in [0.15, 0.2) is 0 Å². The summed E-state index contributed by atoms with van der Waals surface area (Å²) >= 11 is 0. The van der Waals surface area contributed by atoms with Gasteiger partial charge in [-0.2, -0.15) is 0 Å². The van der Waals surface area contributed by atoms with Crippen molar-refractivity contribution in [2.24, 2.45) is 5.73 Å². The number of nitrogens with zero attached hydrogens (tertiary/aromatic N) is 1. The monoisotopic (exact) mass is 157 g/mol. The van der Waals surface area contributed by atoms with E-state index in [2.05, 4.69) is 10.2 Å². The van der Waals surface area contributed by atoms with Crippen molar-refractivity contribution >= 4 is 5.91 Å². The minimum absolute atomic E-state index is 0.157. The minimum Gasteiger partial charge on any atom is -0.355 e. The first kappa shape index (κ1) is 8.49. The Morgan fingerprint density at radius 2 is 2.36 bits per heavy atom. The third-order valence-electron chi connectivity index (χ3n) is 1.85. The maximum atomic E-state index is 10.9. The molecule has 1 rings (SSSR count). The van der Waals surface area contributed by atoms with Gasteiger partial charge >= 0.3 is 0 Å². The Morgan fingerprint density at radius 3 is 3.09 bits per heavy atom. The molecule has 0 aromatic heterocycles. The lowest BCUT2D eigenvalue weighted by Crippen LogP contribution is -2.32. The van der Waals surface area contributed by atoms with Crippen molar-refractivity contribution in [1.29, 1.82) is 0 Å². The van der Waals surface area contributed by atoms with E-state index in [4.69, 9.17) is 5.73 Å². The van der Waals surface area contributed by atoms with E-state index in [1.807, 2.05) is 0 Å². The van der Waals surface area contributed by atoms with Crippen LogP contribution < -0.4 is 11.1 Å². The predicted octanol–water partition coefficient (Wildman–Crippen LogP) is -1.23. The van der Waals surface area contributed by atoms with Crippen LogP contribution in [0.25, 0.3) is 0 Å². The molecule has 0 aromatic rings. The van der Waals surface area contributed by atoms with Gasteiger partial charge in [-0.3, -0.25) is 9.69 Å². The summed E-state index contributed by atoms with van der Waals surface area (Å²) in [7, 11) is 0. The van der Waals surface area contributed by atoms with Gasteiger partial charge in [0.2, 0.25) is 5.91 Å². The summed E-state index contributed by atoms with van der Waals surface area (Å²) in [6.45, 7) is 4.12. The number of nitrogens with two attached hydrogens (primary N) is 1. The van der Waals surface area contributed by atoms with E-state index in [1.54, 1.807) is 0 Å². The second kappa shape index (κ2) is 4.31. The zero-order valence-electron chi connectivity index (χ0n) is 6.68. The highest BCUT2D eigenvalue weighted by Gasteiger charge is 2.11. The SMILES string of the molecule is NCCN1CCNC(=O)CC1. The van der Waals surface area contributed by atoms with Crippen LogP contribution in [-0.4, -0.2) is 43.5 Å². The highest BCUT2D eigenvalue weighted by atomic mass is 16.1. The fraction of sp³-hybridized carbons (Fsp3) is 0.857. The molecule has 4 heteroatoms. The molecule has 1 aliphatic heterocycles. The summed E-state index contributed by atoms with van der Waals surface area (Å²) in [5, 5.41) is 2.81.